The van der Waals surface area contributed by atoms with E-state index in [1.54, 1.807) is 5.51 Å². The van der Waals surface area contributed by atoms with E-state index in [1.165, 1.54) is 11.3 Å². The van der Waals surface area contributed by atoms with Gasteiger partial charge in [-0.05, 0) is 5.92 Å². The summed E-state index contributed by atoms with van der Waals surface area (Å²) >= 11 is 1.29. The molecule has 13 heavy (non-hydrogen) atoms. The third kappa shape index (κ3) is 3.84. The van der Waals surface area contributed by atoms with Crippen LogP contribution in [-0.4, -0.2) is 22.8 Å². The maximum Gasteiger partial charge on any atom is 0.321 e. The second-order valence-corrected chi connectivity index (χ2v) is 3.81. The summed E-state index contributed by atoms with van der Waals surface area (Å²) in [4.78, 5) is 11.1. The number of carbonyl (C=O) groups is 1. The largest absolute Gasteiger partial charge is 0.338 e. The topological polar surface area (TPSA) is 66.9 Å². The molecule has 1 aromatic rings. The molecular formula is C7H12N4OS. The lowest BCUT2D eigenvalue weighted by Crippen LogP contribution is -2.31. The molecule has 0 fully saturated rings. The Balaban J connectivity index is 2.26. The quantitative estimate of drug-likeness (QED) is 0.773. The van der Waals surface area contributed by atoms with E-state index in [4.69, 9.17) is 0 Å². The van der Waals surface area contributed by atoms with Gasteiger partial charge in [-0.25, -0.2) is 4.79 Å². The highest BCUT2D eigenvalue weighted by Crippen LogP contribution is 2.06. The normalized spacial score (nSPS) is 10.1. The van der Waals surface area contributed by atoms with Crippen LogP contribution >= 0.6 is 11.3 Å². The Hall–Kier alpha value is -1.17. The summed E-state index contributed by atoms with van der Waals surface area (Å²) in [6, 6.07) is -0.231. The van der Waals surface area contributed by atoms with Crippen molar-refractivity contribution in [2.24, 2.45) is 5.92 Å². The number of rotatable bonds is 3. The number of hydrogen-bond acceptors (Lipinski definition) is 4. The number of amides is 2. The van der Waals surface area contributed by atoms with Gasteiger partial charge in [0.25, 0.3) is 0 Å². The molecule has 1 heterocycles. The van der Waals surface area contributed by atoms with Gasteiger partial charge in [-0.1, -0.05) is 25.2 Å². The first-order valence-electron chi connectivity index (χ1n) is 3.99. The average molecular weight is 200 g/mol. The predicted molar refractivity (Wildman–Crippen MR) is 51.8 cm³/mol. The van der Waals surface area contributed by atoms with E-state index < -0.39 is 0 Å². The first kappa shape index (κ1) is 9.91. The zero-order valence-electron chi connectivity index (χ0n) is 7.57. The minimum Gasteiger partial charge on any atom is -0.338 e. The van der Waals surface area contributed by atoms with Crippen LogP contribution in [-0.2, 0) is 0 Å². The summed E-state index contributed by atoms with van der Waals surface area (Å²) in [6.45, 7) is 4.72. The molecule has 0 bridgehead atoms. The molecule has 0 spiro atoms. The van der Waals surface area contributed by atoms with Crippen molar-refractivity contribution in [2.45, 2.75) is 13.8 Å². The molecule has 0 saturated heterocycles. The van der Waals surface area contributed by atoms with E-state index in [2.05, 4.69) is 20.8 Å². The Morgan fingerprint density at radius 1 is 1.69 bits per heavy atom. The van der Waals surface area contributed by atoms with Gasteiger partial charge in [-0.3, -0.25) is 5.32 Å². The van der Waals surface area contributed by atoms with Crippen molar-refractivity contribution < 1.29 is 4.79 Å². The number of aromatic nitrogens is 2. The van der Waals surface area contributed by atoms with E-state index in [9.17, 15) is 4.79 Å². The van der Waals surface area contributed by atoms with E-state index in [0.717, 1.165) is 0 Å². The molecule has 0 aromatic carbocycles. The lowest BCUT2D eigenvalue weighted by Gasteiger charge is -2.06. The number of hydrogen-bond donors (Lipinski definition) is 2. The number of nitrogens with zero attached hydrogens (tertiary/aromatic N) is 2. The monoisotopic (exact) mass is 200 g/mol. The van der Waals surface area contributed by atoms with Crippen LogP contribution in [0.3, 0.4) is 0 Å². The van der Waals surface area contributed by atoms with Crippen LogP contribution < -0.4 is 10.6 Å². The average Bonchev–Trinajstić information content (AvgIpc) is 2.53. The third-order valence-corrected chi connectivity index (χ3v) is 1.86. The first-order valence-corrected chi connectivity index (χ1v) is 4.87. The molecule has 72 valence electrons. The Morgan fingerprint density at radius 2 is 2.46 bits per heavy atom. The Morgan fingerprint density at radius 3 is 3.00 bits per heavy atom. The van der Waals surface area contributed by atoms with Gasteiger partial charge in [0, 0.05) is 6.54 Å². The number of anilines is 1. The van der Waals surface area contributed by atoms with Crippen LogP contribution in [0.2, 0.25) is 0 Å². The lowest BCUT2D eigenvalue weighted by molar-refractivity contribution is 0.251. The molecule has 0 unspecified atom stereocenters. The highest BCUT2D eigenvalue weighted by Gasteiger charge is 2.03. The van der Waals surface area contributed by atoms with Crippen molar-refractivity contribution >= 4 is 22.5 Å². The van der Waals surface area contributed by atoms with Crippen molar-refractivity contribution in [3.63, 3.8) is 0 Å². The zero-order chi connectivity index (χ0) is 9.68. The van der Waals surface area contributed by atoms with Crippen LogP contribution in [0.15, 0.2) is 5.51 Å². The van der Waals surface area contributed by atoms with E-state index >= 15 is 0 Å². The van der Waals surface area contributed by atoms with E-state index in [-0.39, 0.29) is 6.03 Å². The van der Waals surface area contributed by atoms with Crippen molar-refractivity contribution in [2.75, 3.05) is 11.9 Å². The zero-order valence-corrected chi connectivity index (χ0v) is 8.39. The van der Waals surface area contributed by atoms with Gasteiger partial charge in [0.15, 0.2) is 0 Å². The molecule has 0 saturated carbocycles. The molecule has 6 heteroatoms. The standard InChI is InChI=1S/C7H12N4OS/c1-5(2)3-8-6(12)10-7-11-9-4-13-7/h4-5H,3H2,1-2H3,(H2,8,10,11,12). The molecule has 1 aromatic heterocycles. The molecule has 2 N–H and O–H groups in total. The second kappa shape index (κ2) is 4.76. The summed E-state index contributed by atoms with van der Waals surface area (Å²) in [5.41, 5.74) is 1.57. The SMILES string of the molecule is CC(C)CNC(=O)Nc1nncs1. The van der Waals surface area contributed by atoms with Crippen LogP contribution in [0.4, 0.5) is 9.93 Å². The molecule has 5 nitrogen and oxygen atoms in total. The van der Waals surface area contributed by atoms with Crippen molar-refractivity contribution in [3.8, 4) is 0 Å². The summed E-state index contributed by atoms with van der Waals surface area (Å²) < 4.78 is 0. The molecule has 0 atom stereocenters. The molecule has 0 aliphatic carbocycles. The summed E-state index contributed by atoms with van der Waals surface area (Å²) in [6.07, 6.45) is 0. The summed E-state index contributed by atoms with van der Waals surface area (Å²) in [7, 11) is 0. The fourth-order valence-electron chi connectivity index (χ4n) is 0.666. The fraction of sp³-hybridized carbons (Fsp3) is 0.571. The Labute approximate surface area is 80.6 Å². The summed E-state index contributed by atoms with van der Waals surface area (Å²) in [5.74, 6) is 0.445. The maximum atomic E-state index is 11.1. The highest BCUT2D eigenvalue weighted by atomic mass is 32.1. The third-order valence-electron chi connectivity index (χ3n) is 1.25. The Bertz CT molecular complexity index is 259. The van der Waals surface area contributed by atoms with Gasteiger partial charge in [-0.15, -0.1) is 10.2 Å². The van der Waals surface area contributed by atoms with Crippen molar-refractivity contribution in [1.82, 2.24) is 15.5 Å². The molecule has 0 aliphatic rings. The highest BCUT2D eigenvalue weighted by molar-refractivity contribution is 7.13. The molecule has 2 amide bonds. The van der Waals surface area contributed by atoms with Gasteiger partial charge in [0.05, 0.1) is 0 Å². The minimum atomic E-state index is -0.231. The predicted octanol–water partition coefficient (Wildman–Crippen LogP) is 1.32. The van der Waals surface area contributed by atoms with Crippen molar-refractivity contribution in [3.05, 3.63) is 5.51 Å². The van der Waals surface area contributed by atoms with Crippen LogP contribution in [0, 0.1) is 5.92 Å². The lowest BCUT2D eigenvalue weighted by atomic mass is 10.2. The van der Waals surface area contributed by atoms with Crippen LogP contribution in [0.25, 0.3) is 0 Å². The maximum absolute atomic E-state index is 11.1. The Kier molecular flexibility index (Phi) is 3.63. The molecule has 0 aliphatic heterocycles. The van der Waals surface area contributed by atoms with Crippen LogP contribution in [0.5, 0.6) is 0 Å². The smallest absolute Gasteiger partial charge is 0.321 e. The molecular weight excluding hydrogens is 188 g/mol. The van der Waals surface area contributed by atoms with Gasteiger partial charge >= 0.3 is 6.03 Å². The van der Waals surface area contributed by atoms with Gasteiger partial charge in [0.2, 0.25) is 5.13 Å². The second-order valence-electron chi connectivity index (χ2n) is 2.97. The van der Waals surface area contributed by atoms with Gasteiger partial charge < -0.3 is 5.32 Å². The molecule has 1 rings (SSSR count). The van der Waals surface area contributed by atoms with Crippen molar-refractivity contribution in [1.29, 1.82) is 0 Å². The summed E-state index contributed by atoms with van der Waals surface area (Å²) in [5, 5.41) is 13.1. The van der Waals surface area contributed by atoms with Crippen LogP contribution in [0.1, 0.15) is 13.8 Å². The number of urea groups is 1. The number of nitrogens with one attached hydrogen (secondary N) is 2. The van der Waals surface area contributed by atoms with E-state index in [1.807, 2.05) is 13.8 Å². The fourth-order valence-corrected chi connectivity index (χ4v) is 1.11. The minimum absolute atomic E-state index is 0.231. The molecule has 0 radical (unpaired) electrons. The number of carbonyl (C=O) groups excluding carboxylic acids is 1. The first-order chi connectivity index (χ1) is 6.18. The van der Waals surface area contributed by atoms with Gasteiger partial charge in [0.1, 0.15) is 5.51 Å². The van der Waals surface area contributed by atoms with E-state index in [0.29, 0.717) is 17.6 Å². The van der Waals surface area contributed by atoms with Gasteiger partial charge in [-0.2, -0.15) is 0 Å².